The number of aromatic nitrogens is 2. The Hall–Kier alpha value is -0.870. The summed E-state index contributed by atoms with van der Waals surface area (Å²) in [6.45, 7) is 7.46. The first-order valence-corrected chi connectivity index (χ1v) is 6.73. The summed E-state index contributed by atoms with van der Waals surface area (Å²) in [5.41, 5.74) is 0.307. The highest BCUT2D eigenvalue weighted by molar-refractivity contribution is 6.34. The van der Waals surface area contributed by atoms with E-state index in [1.165, 1.54) is 6.07 Å². The molecular weight excluding hydrogens is 273 g/mol. The number of hydrogen-bond acceptors (Lipinski definition) is 3. The Morgan fingerprint density at radius 2 is 2.06 bits per heavy atom. The van der Waals surface area contributed by atoms with Gasteiger partial charge in [0.1, 0.15) is 0 Å². The third-order valence-corrected chi connectivity index (χ3v) is 3.31. The Bertz CT molecular complexity index is 426. The maximum absolute atomic E-state index is 12.3. The summed E-state index contributed by atoms with van der Waals surface area (Å²) in [6, 6.07) is 1.46. The first-order valence-electron chi connectivity index (χ1n) is 5.97. The molecule has 0 aromatic carbocycles. The molecule has 0 bridgehead atoms. The highest BCUT2D eigenvalue weighted by atomic mass is 35.5. The molecule has 0 aliphatic carbocycles. The summed E-state index contributed by atoms with van der Waals surface area (Å²) in [5.74, 6) is 0.289. The Balaban J connectivity index is 2.92. The maximum atomic E-state index is 12.3. The van der Waals surface area contributed by atoms with Crippen molar-refractivity contribution in [1.29, 1.82) is 0 Å². The zero-order chi connectivity index (χ0) is 13.7. The highest BCUT2D eigenvalue weighted by Gasteiger charge is 2.20. The summed E-state index contributed by atoms with van der Waals surface area (Å²) in [7, 11) is 0. The van der Waals surface area contributed by atoms with Gasteiger partial charge in [0.25, 0.3) is 5.91 Å². The molecule has 1 atom stereocenters. The molecule has 0 saturated heterocycles. The lowest BCUT2D eigenvalue weighted by Crippen LogP contribution is -2.34. The molecule has 0 aliphatic rings. The molecule has 1 heterocycles. The van der Waals surface area contributed by atoms with E-state index in [1.807, 2.05) is 6.92 Å². The van der Waals surface area contributed by atoms with Crippen LogP contribution < -0.4 is 0 Å². The Morgan fingerprint density at radius 1 is 1.39 bits per heavy atom. The predicted molar refractivity (Wildman–Crippen MR) is 73.1 cm³/mol. The minimum atomic E-state index is -0.153. The van der Waals surface area contributed by atoms with Crippen LogP contribution in [-0.2, 0) is 0 Å². The summed E-state index contributed by atoms with van der Waals surface area (Å²) in [6.07, 6.45) is 1.02. The molecule has 1 aromatic heterocycles. The number of halogens is 2. The average molecular weight is 290 g/mol. The third-order valence-electron chi connectivity index (χ3n) is 2.85. The smallest absolute Gasteiger partial charge is 0.257 e. The van der Waals surface area contributed by atoms with Crippen LogP contribution in [0.25, 0.3) is 0 Å². The van der Waals surface area contributed by atoms with Crippen LogP contribution >= 0.6 is 23.2 Å². The van der Waals surface area contributed by atoms with Crippen molar-refractivity contribution in [2.24, 2.45) is 5.92 Å². The van der Waals surface area contributed by atoms with E-state index in [4.69, 9.17) is 23.2 Å². The molecule has 0 fully saturated rings. The quantitative estimate of drug-likeness (QED) is 0.836. The largest absolute Gasteiger partial charge is 0.339 e. The fourth-order valence-electron chi connectivity index (χ4n) is 1.53. The van der Waals surface area contributed by atoms with Gasteiger partial charge in [-0.2, -0.15) is 0 Å². The number of carbonyl (C=O) groups excluding carboxylic acids is 1. The van der Waals surface area contributed by atoms with Gasteiger partial charge < -0.3 is 4.90 Å². The monoisotopic (exact) mass is 289 g/mol. The van der Waals surface area contributed by atoms with E-state index in [1.54, 1.807) is 4.90 Å². The van der Waals surface area contributed by atoms with E-state index in [2.05, 4.69) is 24.0 Å². The first kappa shape index (κ1) is 15.2. The highest BCUT2D eigenvalue weighted by Crippen LogP contribution is 2.18. The van der Waals surface area contributed by atoms with Crippen LogP contribution in [0, 0.1) is 5.92 Å². The zero-order valence-corrected chi connectivity index (χ0v) is 12.3. The van der Waals surface area contributed by atoms with Crippen LogP contribution in [0.4, 0.5) is 0 Å². The molecule has 0 saturated carbocycles. The second-order valence-electron chi connectivity index (χ2n) is 4.23. The molecule has 1 rings (SSSR count). The summed E-state index contributed by atoms with van der Waals surface area (Å²) >= 11 is 11.6. The Morgan fingerprint density at radius 3 is 2.61 bits per heavy atom. The van der Waals surface area contributed by atoms with Gasteiger partial charge in [-0.3, -0.25) is 4.79 Å². The molecule has 0 spiro atoms. The molecule has 1 unspecified atom stereocenters. The van der Waals surface area contributed by atoms with E-state index in [-0.39, 0.29) is 16.2 Å². The molecule has 1 amide bonds. The lowest BCUT2D eigenvalue weighted by atomic mass is 10.1. The molecule has 0 radical (unpaired) electrons. The molecule has 100 valence electrons. The van der Waals surface area contributed by atoms with Crippen LogP contribution in [0.3, 0.4) is 0 Å². The van der Waals surface area contributed by atoms with Crippen molar-refractivity contribution < 1.29 is 4.79 Å². The van der Waals surface area contributed by atoms with Crippen LogP contribution in [0.15, 0.2) is 6.07 Å². The minimum absolute atomic E-state index is 0.0898. The van der Waals surface area contributed by atoms with Gasteiger partial charge in [-0.05, 0) is 18.9 Å². The fraction of sp³-hybridized carbons (Fsp3) is 0.583. The van der Waals surface area contributed by atoms with Crippen molar-refractivity contribution in [2.45, 2.75) is 27.2 Å². The van der Waals surface area contributed by atoms with Gasteiger partial charge in [-0.25, -0.2) is 0 Å². The summed E-state index contributed by atoms with van der Waals surface area (Å²) < 4.78 is 0. The number of hydrogen-bond donors (Lipinski definition) is 0. The first-order chi connectivity index (χ1) is 8.49. The van der Waals surface area contributed by atoms with Crippen LogP contribution in [0.5, 0.6) is 0 Å². The van der Waals surface area contributed by atoms with Crippen molar-refractivity contribution in [1.82, 2.24) is 15.1 Å². The third kappa shape index (κ3) is 3.82. The number of rotatable bonds is 5. The lowest BCUT2D eigenvalue weighted by molar-refractivity contribution is 0.0740. The molecule has 1 aromatic rings. The van der Waals surface area contributed by atoms with E-state index < -0.39 is 0 Å². The second-order valence-corrected chi connectivity index (χ2v) is 4.97. The van der Waals surface area contributed by atoms with E-state index in [0.717, 1.165) is 6.42 Å². The Labute approximate surface area is 117 Å². The topological polar surface area (TPSA) is 46.1 Å². The molecule has 4 nitrogen and oxygen atoms in total. The van der Waals surface area contributed by atoms with Gasteiger partial charge in [0, 0.05) is 13.1 Å². The van der Waals surface area contributed by atoms with Crippen molar-refractivity contribution in [3.8, 4) is 0 Å². The van der Waals surface area contributed by atoms with Crippen molar-refractivity contribution in [3.63, 3.8) is 0 Å². The van der Waals surface area contributed by atoms with Gasteiger partial charge in [0.2, 0.25) is 0 Å². The van der Waals surface area contributed by atoms with Gasteiger partial charge in [0.15, 0.2) is 10.3 Å². The van der Waals surface area contributed by atoms with Crippen LogP contribution in [-0.4, -0.2) is 34.1 Å². The molecule has 0 N–H and O–H groups in total. The average Bonchev–Trinajstić information content (AvgIpc) is 2.37. The molecule has 6 heteroatoms. The predicted octanol–water partition coefficient (Wildman–Crippen LogP) is 3.29. The Kier molecular flexibility index (Phi) is 5.82. The summed E-state index contributed by atoms with van der Waals surface area (Å²) in [4.78, 5) is 14.1. The molecular formula is C12H17Cl2N3O. The number of amides is 1. The van der Waals surface area contributed by atoms with Gasteiger partial charge in [-0.15, -0.1) is 10.2 Å². The van der Waals surface area contributed by atoms with Gasteiger partial charge in [-0.1, -0.05) is 43.5 Å². The zero-order valence-electron chi connectivity index (χ0n) is 10.8. The van der Waals surface area contributed by atoms with Gasteiger partial charge in [0.05, 0.1) is 5.56 Å². The normalized spacial score (nSPS) is 12.3. The maximum Gasteiger partial charge on any atom is 0.257 e. The minimum Gasteiger partial charge on any atom is -0.339 e. The number of carbonyl (C=O) groups is 1. The SMILES string of the molecule is CCC(C)CN(CC)C(=O)c1cc(Cl)nnc1Cl. The second kappa shape index (κ2) is 6.90. The lowest BCUT2D eigenvalue weighted by Gasteiger charge is -2.24. The fourth-order valence-corrected chi connectivity index (χ4v) is 1.85. The van der Waals surface area contributed by atoms with Crippen molar-refractivity contribution >= 4 is 29.1 Å². The molecule has 0 aliphatic heterocycles. The van der Waals surface area contributed by atoms with E-state index in [9.17, 15) is 4.79 Å². The standard InChI is InChI=1S/C12H17Cl2N3O/c1-4-8(3)7-17(5-2)12(18)9-6-10(13)15-16-11(9)14/h6,8H,4-5,7H2,1-3H3. The molecule has 18 heavy (non-hydrogen) atoms. The van der Waals surface area contributed by atoms with Crippen molar-refractivity contribution in [3.05, 3.63) is 21.9 Å². The van der Waals surface area contributed by atoms with Crippen LogP contribution in [0.1, 0.15) is 37.6 Å². The van der Waals surface area contributed by atoms with Crippen molar-refractivity contribution in [2.75, 3.05) is 13.1 Å². The van der Waals surface area contributed by atoms with Gasteiger partial charge >= 0.3 is 0 Å². The van der Waals surface area contributed by atoms with Crippen LogP contribution in [0.2, 0.25) is 10.3 Å². The number of nitrogens with zero attached hydrogens (tertiary/aromatic N) is 3. The summed E-state index contributed by atoms with van der Waals surface area (Å²) in [5, 5.41) is 7.51. The van der Waals surface area contributed by atoms with E-state index >= 15 is 0 Å². The van der Waals surface area contributed by atoms with E-state index in [0.29, 0.717) is 24.6 Å².